The lowest BCUT2D eigenvalue weighted by atomic mass is 10.2. The Labute approximate surface area is 127 Å². The number of rotatable bonds is 6. The summed E-state index contributed by atoms with van der Waals surface area (Å²) in [6, 6.07) is 5.33. The molecule has 0 aliphatic carbocycles. The molecule has 0 bridgehead atoms. The first-order valence-electron chi connectivity index (χ1n) is 6.51. The number of methoxy groups -OCH3 is 2. The average Bonchev–Trinajstić information content (AvgIpc) is 2.91. The van der Waals surface area contributed by atoms with Crippen LogP contribution in [-0.4, -0.2) is 38.0 Å². The van der Waals surface area contributed by atoms with Crippen molar-refractivity contribution in [1.82, 2.24) is 10.9 Å². The Morgan fingerprint density at radius 2 is 2.27 bits per heavy atom. The highest BCUT2D eigenvalue weighted by atomic mass is 16.5. The first-order valence-corrected chi connectivity index (χ1v) is 6.51. The topological polar surface area (TPSA) is 101 Å². The second-order valence-electron chi connectivity index (χ2n) is 4.44. The second kappa shape index (κ2) is 7.21. The Bertz CT molecular complexity index is 640. The number of para-hydroxylation sites is 1. The van der Waals surface area contributed by atoms with Gasteiger partial charge in [0.25, 0.3) is 0 Å². The molecule has 116 valence electrons. The van der Waals surface area contributed by atoms with E-state index in [-0.39, 0.29) is 24.7 Å². The summed E-state index contributed by atoms with van der Waals surface area (Å²) < 4.78 is 10.4. The van der Waals surface area contributed by atoms with Gasteiger partial charge in [-0.15, -0.1) is 0 Å². The molecule has 0 fully saturated rings. The summed E-state index contributed by atoms with van der Waals surface area (Å²) in [6.45, 7) is 0. The number of hydrogen-bond acceptors (Lipinski definition) is 6. The van der Waals surface area contributed by atoms with Gasteiger partial charge in [0.05, 0.1) is 39.0 Å². The summed E-state index contributed by atoms with van der Waals surface area (Å²) in [7, 11) is 3.06. The number of amides is 2. The molecule has 0 aromatic heterocycles. The van der Waals surface area contributed by atoms with Crippen molar-refractivity contribution in [3.05, 3.63) is 23.8 Å². The van der Waals surface area contributed by atoms with Crippen molar-refractivity contribution in [1.29, 1.82) is 0 Å². The maximum absolute atomic E-state index is 11.7. The van der Waals surface area contributed by atoms with Gasteiger partial charge in [0, 0.05) is 5.56 Å². The maximum atomic E-state index is 11.7. The van der Waals surface area contributed by atoms with Crippen molar-refractivity contribution in [2.75, 3.05) is 14.2 Å². The van der Waals surface area contributed by atoms with Gasteiger partial charge in [-0.05, 0) is 12.1 Å². The summed E-state index contributed by atoms with van der Waals surface area (Å²) in [5.74, 6) is 0.529. The Kier molecular flexibility index (Phi) is 5.07. The molecule has 0 saturated carbocycles. The van der Waals surface area contributed by atoms with Crippen LogP contribution in [0.25, 0.3) is 0 Å². The van der Waals surface area contributed by atoms with Crippen molar-refractivity contribution in [3.8, 4) is 11.5 Å². The third kappa shape index (κ3) is 3.81. The standard InChI is InChI=1S/C14H16N4O4/c1-21-11-5-3-4-9(14(11)22-2)8-15-17-12(19)6-10-7-13(20)18-16-10/h3-5,8H,6-7H2,1-2H3,(H,17,19)(H,18,20)/b15-8+. The number of hydrogen-bond donors (Lipinski definition) is 2. The van der Waals surface area contributed by atoms with E-state index in [0.717, 1.165) is 0 Å². The first kappa shape index (κ1) is 15.5. The highest BCUT2D eigenvalue weighted by Gasteiger charge is 2.17. The van der Waals surface area contributed by atoms with E-state index in [0.29, 0.717) is 22.8 Å². The molecule has 1 aromatic carbocycles. The highest BCUT2D eigenvalue weighted by molar-refractivity contribution is 6.11. The van der Waals surface area contributed by atoms with Crippen LogP contribution >= 0.6 is 0 Å². The lowest BCUT2D eigenvalue weighted by Gasteiger charge is -2.09. The van der Waals surface area contributed by atoms with Crippen LogP contribution in [0.4, 0.5) is 0 Å². The zero-order valence-electron chi connectivity index (χ0n) is 12.3. The summed E-state index contributed by atoms with van der Waals surface area (Å²) in [4.78, 5) is 22.6. The third-order valence-corrected chi connectivity index (χ3v) is 2.89. The van der Waals surface area contributed by atoms with Gasteiger partial charge < -0.3 is 9.47 Å². The number of benzene rings is 1. The molecule has 1 aliphatic heterocycles. The van der Waals surface area contributed by atoms with Gasteiger partial charge in [0.15, 0.2) is 11.5 Å². The van der Waals surface area contributed by atoms with E-state index in [1.165, 1.54) is 20.4 Å². The van der Waals surface area contributed by atoms with Crippen LogP contribution in [0.5, 0.6) is 11.5 Å². The quantitative estimate of drug-likeness (QED) is 0.587. The van der Waals surface area contributed by atoms with E-state index in [1.54, 1.807) is 18.2 Å². The molecule has 0 radical (unpaired) electrons. The van der Waals surface area contributed by atoms with Gasteiger partial charge in [-0.2, -0.15) is 10.2 Å². The molecule has 1 heterocycles. The van der Waals surface area contributed by atoms with E-state index in [2.05, 4.69) is 21.1 Å². The van der Waals surface area contributed by atoms with Gasteiger partial charge >= 0.3 is 0 Å². The van der Waals surface area contributed by atoms with Crippen LogP contribution in [0.2, 0.25) is 0 Å². The molecule has 2 amide bonds. The molecular weight excluding hydrogens is 288 g/mol. The average molecular weight is 304 g/mol. The lowest BCUT2D eigenvalue weighted by Crippen LogP contribution is -2.20. The molecule has 8 nitrogen and oxygen atoms in total. The van der Waals surface area contributed by atoms with Crippen molar-refractivity contribution in [2.24, 2.45) is 10.2 Å². The fraction of sp³-hybridized carbons (Fsp3) is 0.286. The minimum atomic E-state index is -0.353. The Balaban J connectivity index is 1.95. The molecule has 0 saturated heterocycles. The minimum absolute atomic E-state index is 0.0192. The fourth-order valence-electron chi connectivity index (χ4n) is 1.92. The predicted octanol–water partition coefficient (Wildman–Crippen LogP) is 0.420. The van der Waals surface area contributed by atoms with Crippen molar-refractivity contribution in [2.45, 2.75) is 12.8 Å². The number of carbonyl (C=O) groups is 2. The SMILES string of the molecule is COc1cccc(/C=N/NC(=O)CC2=NNC(=O)C2)c1OC. The Hall–Kier alpha value is -2.90. The molecular formula is C14H16N4O4. The highest BCUT2D eigenvalue weighted by Crippen LogP contribution is 2.29. The smallest absolute Gasteiger partial charge is 0.245 e. The van der Waals surface area contributed by atoms with E-state index in [9.17, 15) is 9.59 Å². The van der Waals surface area contributed by atoms with E-state index in [1.807, 2.05) is 0 Å². The number of nitrogens with one attached hydrogen (secondary N) is 2. The number of carbonyl (C=O) groups excluding carboxylic acids is 2. The first-order chi connectivity index (χ1) is 10.6. The molecule has 22 heavy (non-hydrogen) atoms. The Morgan fingerprint density at radius 3 is 2.91 bits per heavy atom. The fourth-order valence-corrected chi connectivity index (χ4v) is 1.92. The number of ether oxygens (including phenoxy) is 2. The van der Waals surface area contributed by atoms with Crippen molar-refractivity contribution in [3.63, 3.8) is 0 Å². The Morgan fingerprint density at radius 1 is 1.45 bits per heavy atom. The van der Waals surface area contributed by atoms with Crippen LogP contribution in [0.3, 0.4) is 0 Å². The van der Waals surface area contributed by atoms with Gasteiger partial charge in [-0.25, -0.2) is 10.9 Å². The number of hydrazone groups is 2. The van der Waals surface area contributed by atoms with Crippen LogP contribution in [0.1, 0.15) is 18.4 Å². The maximum Gasteiger partial charge on any atom is 0.245 e. The molecule has 0 spiro atoms. The molecule has 2 N–H and O–H groups in total. The predicted molar refractivity (Wildman–Crippen MR) is 80.1 cm³/mol. The molecule has 1 aliphatic rings. The largest absolute Gasteiger partial charge is 0.493 e. The third-order valence-electron chi connectivity index (χ3n) is 2.89. The molecule has 2 rings (SSSR count). The normalized spacial score (nSPS) is 13.7. The molecule has 8 heteroatoms. The van der Waals surface area contributed by atoms with Gasteiger partial charge in [0.1, 0.15) is 0 Å². The van der Waals surface area contributed by atoms with Crippen LogP contribution < -0.4 is 20.3 Å². The molecule has 1 aromatic rings. The van der Waals surface area contributed by atoms with Crippen molar-refractivity contribution >= 4 is 23.7 Å². The second-order valence-corrected chi connectivity index (χ2v) is 4.44. The molecule has 0 atom stereocenters. The summed E-state index contributed by atoms with van der Waals surface area (Å²) in [5, 5.41) is 7.61. The van der Waals surface area contributed by atoms with E-state index in [4.69, 9.17) is 9.47 Å². The lowest BCUT2D eigenvalue weighted by molar-refractivity contribution is -0.119. The summed E-state index contributed by atoms with van der Waals surface area (Å²) in [6.07, 6.45) is 1.62. The monoisotopic (exact) mass is 304 g/mol. The summed E-state index contributed by atoms with van der Waals surface area (Å²) in [5.41, 5.74) is 5.81. The zero-order valence-corrected chi connectivity index (χ0v) is 12.3. The zero-order chi connectivity index (χ0) is 15.9. The van der Waals surface area contributed by atoms with Gasteiger partial charge in [-0.1, -0.05) is 6.07 Å². The van der Waals surface area contributed by atoms with Crippen LogP contribution in [0.15, 0.2) is 28.4 Å². The van der Waals surface area contributed by atoms with Crippen LogP contribution in [0, 0.1) is 0 Å². The van der Waals surface area contributed by atoms with E-state index >= 15 is 0 Å². The van der Waals surface area contributed by atoms with Crippen LogP contribution in [-0.2, 0) is 9.59 Å². The summed E-state index contributed by atoms with van der Waals surface area (Å²) >= 11 is 0. The van der Waals surface area contributed by atoms with Gasteiger partial charge in [-0.3, -0.25) is 9.59 Å². The number of nitrogens with zero attached hydrogens (tertiary/aromatic N) is 2. The van der Waals surface area contributed by atoms with Crippen molar-refractivity contribution < 1.29 is 19.1 Å². The molecule has 0 unspecified atom stereocenters. The van der Waals surface area contributed by atoms with Gasteiger partial charge in [0.2, 0.25) is 11.8 Å². The van der Waals surface area contributed by atoms with E-state index < -0.39 is 0 Å². The minimum Gasteiger partial charge on any atom is -0.493 e.